The lowest BCUT2D eigenvalue weighted by molar-refractivity contribution is 0.374. The molecule has 0 aromatic rings. The molecule has 0 bridgehead atoms. The third-order valence-corrected chi connectivity index (χ3v) is 6.09. The maximum absolute atomic E-state index is 12.1. The van der Waals surface area contributed by atoms with Crippen LogP contribution in [0.2, 0.25) is 0 Å². The molecule has 1 fully saturated rings. The lowest BCUT2D eigenvalue weighted by atomic mass is 9.95. The highest BCUT2D eigenvalue weighted by molar-refractivity contribution is 7.92. The van der Waals surface area contributed by atoms with E-state index in [-0.39, 0.29) is 5.25 Å². The molecule has 108 valence electrons. The summed E-state index contributed by atoms with van der Waals surface area (Å²) in [4.78, 5) is 0. The molecule has 0 spiro atoms. The van der Waals surface area contributed by atoms with Gasteiger partial charge < -0.3 is 5.32 Å². The molecule has 0 aromatic carbocycles. The standard InChI is InChI=1S/C14H29NO2S/c1-12(2)9-10-18(16,17)13(3)11-15-14-7-5-4-6-8-14/h12-15H,4-11H2,1-3H3. The van der Waals surface area contributed by atoms with Crippen LogP contribution in [0, 0.1) is 5.92 Å². The van der Waals surface area contributed by atoms with Crippen LogP contribution in [0.4, 0.5) is 0 Å². The fraction of sp³-hybridized carbons (Fsp3) is 1.00. The van der Waals surface area contributed by atoms with Gasteiger partial charge in [-0.3, -0.25) is 0 Å². The molecule has 4 heteroatoms. The number of nitrogens with one attached hydrogen (secondary N) is 1. The Balaban J connectivity index is 2.31. The first kappa shape index (κ1) is 16.0. The van der Waals surface area contributed by atoms with Crippen molar-refractivity contribution in [3.63, 3.8) is 0 Å². The first-order chi connectivity index (χ1) is 8.42. The van der Waals surface area contributed by atoms with Gasteiger partial charge in [-0.25, -0.2) is 8.42 Å². The van der Waals surface area contributed by atoms with Crippen molar-refractivity contribution in [2.45, 2.75) is 70.6 Å². The average Bonchev–Trinajstić information content (AvgIpc) is 2.35. The van der Waals surface area contributed by atoms with Crippen LogP contribution in [0.1, 0.15) is 59.3 Å². The molecular formula is C14H29NO2S. The molecular weight excluding hydrogens is 246 g/mol. The van der Waals surface area contributed by atoms with Gasteiger partial charge in [-0.2, -0.15) is 0 Å². The molecule has 0 radical (unpaired) electrons. The first-order valence-corrected chi connectivity index (χ1v) is 9.08. The minimum absolute atomic E-state index is 0.252. The van der Waals surface area contributed by atoms with Crippen LogP contribution in [0.25, 0.3) is 0 Å². The average molecular weight is 275 g/mol. The van der Waals surface area contributed by atoms with Crippen LogP contribution in [0.15, 0.2) is 0 Å². The van der Waals surface area contributed by atoms with Crippen LogP contribution in [0.3, 0.4) is 0 Å². The third kappa shape index (κ3) is 5.70. The molecule has 1 aliphatic rings. The van der Waals surface area contributed by atoms with E-state index in [4.69, 9.17) is 0 Å². The van der Waals surface area contributed by atoms with Crippen LogP contribution in [-0.4, -0.2) is 32.0 Å². The Hall–Kier alpha value is -0.0900. The van der Waals surface area contributed by atoms with Gasteiger partial charge in [0.2, 0.25) is 0 Å². The fourth-order valence-corrected chi connectivity index (χ4v) is 3.92. The van der Waals surface area contributed by atoms with Crippen LogP contribution >= 0.6 is 0 Å². The highest BCUT2D eigenvalue weighted by Crippen LogP contribution is 2.17. The topological polar surface area (TPSA) is 46.2 Å². The molecule has 1 saturated carbocycles. The highest BCUT2D eigenvalue weighted by Gasteiger charge is 2.22. The second-order valence-corrected chi connectivity index (χ2v) is 8.64. The van der Waals surface area contributed by atoms with Crippen molar-refractivity contribution in [2.24, 2.45) is 5.92 Å². The summed E-state index contributed by atoms with van der Waals surface area (Å²) < 4.78 is 24.1. The monoisotopic (exact) mass is 275 g/mol. The van der Waals surface area contributed by atoms with E-state index in [2.05, 4.69) is 19.2 Å². The van der Waals surface area contributed by atoms with Crippen molar-refractivity contribution >= 4 is 9.84 Å². The Morgan fingerprint density at radius 2 is 1.72 bits per heavy atom. The van der Waals surface area contributed by atoms with Gasteiger partial charge in [-0.1, -0.05) is 33.1 Å². The Labute approximate surface area is 113 Å². The zero-order valence-electron chi connectivity index (χ0n) is 12.1. The van der Waals surface area contributed by atoms with E-state index in [1.165, 1.54) is 32.1 Å². The van der Waals surface area contributed by atoms with E-state index in [0.717, 1.165) is 6.42 Å². The lowest BCUT2D eigenvalue weighted by Crippen LogP contribution is -2.39. The van der Waals surface area contributed by atoms with Gasteiger partial charge >= 0.3 is 0 Å². The summed E-state index contributed by atoms with van der Waals surface area (Å²) in [6.45, 7) is 6.59. The first-order valence-electron chi connectivity index (χ1n) is 7.36. The lowest BCUT2D eigenvalue weighted by Gasteiger charge is -2.24. The quantitative estimate of drug-likeness (QED) is 0.777. The summed E-state index contributed by atoms with van der Waals surface area (Å²) in [6.07, 6.45) is 7.09. The summed E-state index contributed by atoms with van der Waals surface area (Å²) in [5.74, 6) is 0.788. The molecule has 0 aromatic heterocycles. The van der Waals surface area contributed by atoms with Crippen LogP contribution in [-0.2, 0) is 9.84 Å². The predicted octanol–water partition coefficient (Wildman–Crippen LogP) is 2.76. The van der Waals surface area contributed by atoms with Crippen molar-refractivity contribution in [1.82, 2.24) is 5.32 Å². The van der Waals surface area contributed by atoms with E-state index in [1.54, 1.807) is 0 Å². The largest absolute Gasteiger partial charge is 0.313 e. The normalized spacial score (nSPS) is 20.2. The van der Waals surface area contributed by atoms with E-state index < -0.39 is 9.84 Å². The number of hydrogen-bond acceptors (Lipinski definition) is 3. The summed E-state index contributed by atoms with van der Waals surface area (Å²) >= 11 is 0. The summed E-state index contributed by atoms with van der Waals surface area (Å²) in [6, 6.07) is 0.543. The molecule has 0 heterocycles. The van der Waals surface area contributed by atoms with Crippen molar-refractivity contribution in [1.29, 1.82) is 0 Å². The SMILES string of the molecule is CC(C)CCS(=O)(=O)C(C)CNC1CCCCC1. The van der Waals surface area contributed by atoms with Gasteiger partial charge in [-0.15, -0.1) is 0 Å². The van der Waals surface area contributed by atoms with Crippen molar-refractivity contribution in [3.8, 4) is 0 Å². The Bertz CT molecular complexity index is 319. The van der Waals surface area contributed by atoms with Gasteiger partial charge in [0.25, 0.3) is 0 Å². The second-order valence-electron chi connectivity index (χ2n) is 6.10. The molecule has 1 unspecified atom stereocenters. The van der Waals surface area contributed by atoms with Gasteiger partial charge in [0.1, 0.15) is 0 Å². The van der Waals surface area contributed by atoms with E-state index >= 15 is 0 Å². The highest BCUT2D eigenvalue weighted by atomic mass is 32.2. The van der Waals surface area contributed by atoms with Gasteiger partial charge in [0.05, 0.1) is 11.0 Å². The Kier molecular flexibility index (Phi) is 6.64. The third-order valence-electron chi connectivity index (χ3n) is 3.89. The number of hydrogen-bond donors (Lipinski definition) is 1. The summed E-state index contributed by atoms with van der Waals surface area (Å²) in [5, 5.41) is 3.18. The van der Waals surface area contributed by atoms with E-state index in [1.807, 2.05) is 6.92 Å². The van der Waals surface area contributed by atoms with E-state index in [0.29, 0.717) is 24.3 Å². The maximum atomic E-state index is 12.1. The van der Waals surface area contributed by atoms with Gasteiger partial charge in [0, 0.05) is 12.6 Å². The minimum Gasteiger partial charge on any atom is -0.313 e. The molecule has 1 rings (SSSR count). The molecule has 3 nitrogen and oxygen atoms in total. The summed E-state index contributed by atoms with van der Waals surface area (Å²) in [5.41, 5.74) is 0. The molecule has 1 N–H and O–H groups in total. The van der Waals surface area contributed by atoms with Gasteiger partial charge in [0.15, 0.2) is 9.84 Å². The van der Waals surface area contributed by atoms with Crippen molar-refractivity contribution in [3.05, 3.63) is 0 Å². The molecule has 0 saturated heterocycles. The van der Waals surface area contributed by atoms with Crippen LogP contribution < -0.4 is 5.32 Å². The molecule has 0 amide bonds. The van der Waals surface area contributed by atoms with Crippen molar-refractivity contribution < 1.29 is 8.42 Å². The molecule has 1 aliphatic carbocycles. The molecule has 18 heavy (non-hydrogen) atoms. The number of rotatable bonds is 7. The zero-order chi connectivity index (χ0) is 13.6. The maximum Gasteiger partial charge on any atom is 0.154 e. The Morgan fingerprint density at radius 1 is 1.11 bits per heavy atom. The number of sulfone groups is 1. The van der Waals surface area contributed by atoms with Crippen molar-refractivity contribution in [2.75, 3.05) is 12.3 Å². The van der Waals surface area contributed by atoms with E-state index in [9.17, 15) is 8.42 Å². The molecule has 0 aliphatic heterocycles. The van der Waals surface area contributed by atoms with Crippen LogP contribution in [0.5, 0.6) is 0 Å². The summed E-state index contributed by atoms with van der Waals surface area (Å²) in [7, 11) is -2.92. The fourth-order valence-electron chi connectivity index (χ4n) is 2.37. The van der Waals surface area contributed by atoms with Gasteiger partial charge in [-0.05, 0) is 32.1 Å². The second kappa shape index (κ2) is 7.49. The molecule has 1 atom stereocenters. The Morgan fingerprint density at radius 3 is 2.28 bits per heavy atom. The predicted molar refractivity (Wildman–Crippen MR) is 77.6 cm³/mol. The zero-order valence-corrected chi connectivity index (χ0v) is 12.9. The smallest absolute Gasteiger partial charge is 0.154 e. The minimum atomic E-state index is -2.92.